The van der Waals surface area contributed by atoms with Gasteiger partial charge in [-0.1, -0.05) is 6.92 Å². The van der Waals surface area contributed by atoms with Crippen molar-refractivity contribution < 1.29 is 4.74 Å². The average Bonchev–Trinajstić information content (AvgIpc) is 2.89. The molecule has 0 unspecified atom stereocenters. The van der Waals surface area contributed by atoms with Gasteiger partial charge in [0.1, 0.15) is 17.8 Å². The van der Waals surface area contributed by atoms with Crippen LogP contribution in [0.5, 0.6) is 0 Å². The summed E-state index contributed by atoms with van der Waals surface area (Å²) in [6.45, 7) is 8.20. The molecule has 2 aliphatic rings. The first-order valence-electron chi connectivity index (χ1n) is 7.74. The van der Waals surface area contributed by atoms with Crippen LogP contribution in [0.25, 0.3) is 11.0 Å². The van der Waals surface area contributed by atoms with Gasteiger partial charge in [-0.25, -0.2) is 9.97 Å². The Morgan fingerprint density at radius 1 is 1.24 bits per heavy atom. The van der Waals surface area contributed by atoms with Crippen LogP contribution in [0, 0.1) is 0 Å². The molecule has 0 amide bonds. The fraction of sp³-hybridized carbons (Fsp3) is 0.600. The number of nitrogens with one attached hydrogen (secondary N) is 1. The Morgan fingerprint density at radius 3 is 2.71 bits per heavy atom. The van der Waals surface area contributed by atoms with Crippen LogP contribution in [0.3, 0.4) is 0 Å². The van der Waals surface area contributed by atoms with Gasteiger partial charge in [0.15, 0.2) is 0 Å². The second-order valence-corrected chi connectivity index (χ2v) is 5.80. The van der Waals surface area contributed by atoms with Crippen LogP contribution in [-0.4, -0.2) is 65.3 Å². The molecule has 1 N–H and O–H groups in total. The van der Waals surface area contributed by atoms with E-state index >= 15 is 0 Å². The van der Waals surface area contributed by atoms with E-state index in [1.807, 2.05) is 0 Å². The summed E-state index contributed by atoms with van der Waals surface area (Å²) in [5.41, 5.74) is 2.25. The molecule has 0 radical (unpaired) electrons. The average molecular weight is 287 g/mol. The maximum absolute atomic E-state index is 5.30. The fourth-order valence-electron chi connectivity index (χ4n) is 3.26. The summed E-state index contributed by atoms with van der Waals surface area (Å²) >= 11 is 0. The zero-order chi connectivity index (χ0) is 14.2. The zero-order valence-corrected chi connectivity index (χ0v) is 12.4. The smallest absolute Gasteiger partial charge is 0.143 e. The molecule has 2 saturated heterocycles. The highest BCUT2D eigenvalue weighted by Crippen LogP contribution is 2.27. The molecule has 0 aromatic carbocycles. The predicted molar refractivity (Wildman–Crippen MR) is 81.7 cm³/mol. The Morgan fingerprint density at radius 2 is 2.05 bits per heavy atom. The molecule has 0 atom stereocenters. The van der Waals surface area contributed by atoms with Crippen LogP contribution < -0.4 is 4.90 Å². The Bertz CT molecular complexity index is 628. The highest BCUT2D eigenvalue weighted by molar-refractivity contribution is 5.90. The first kappa shape index (κ1) is 13.0. The lowest BCUT2D eigenvalue weighted by Crippen LogP contribution is -2.56. The molecule has 2 aromatic heterocycles. The normalized spacial score (nSPS) is 20.9. The predicted octanol–water partition coefficient (Wildman–Crippen LogP) is 1.04. The van der Waals surface area contributed by atoms with Crippen molar-refractivity contribution in [2.75, 3.05) is 44.3 Å². The van der Waals surface area contributed by atoms with Gasteiger partial charge < -0.3 is 14.6 Å². The second kappa shape index (κ2) is 5.27. The molecule has 2 fully saturated rings. The number of aromatic nitrogens is 3. The van der Waals surface area contributed by atoms with Gasteiger partial charge in [0.2, 0.25) is 0 Å². The van der Waals surface area contributed by atoms with Gasteiger partial charge in [-0.15, -0.1) is 0 Å². The van der Waals surface area contributed by atoms with Gasteiger partial charge >= 0.3 is 0 Å². The molecular weight excluding hydrogens is 266 g/mol. The number of ether oxygens (including phenoxy) is 1. The van der Waals surface area contributed by atoms with Crippen LogP contribution in [-0.2, 0) is 11.2 Å². The van der Waals surface area contributed by atoms with Crippen LogP contribution >= 0.6 is 0 Å². The quantitative estimate of drug-likeness (QED) is 0.914. The van der Waals surface area contributed by atoms with Crippen molar-refractivity contribution in [3.8, 4) is 0 Å². The van der Waals surface area contributed by atoms with E-state index in [-0.39, 0.29) is 0 Å². The highest BCUT2D eigenvalue weighted by atomic mass is 16.5. The summed E-state index contributed by atoms with van der Waals surface area (Å²) in [5, 5.41) is 1.19. The van der Waals surface area contributed by atoms with E-state index in [9.17, 15) is 0 Å². The van der Waals surface area contributed by atoms with E-state index in [0.29, 0.717) is 6.04 Å². The zero-order valence-electron chi connectivity index (χ0n) is 12.4. The summed E-state index contributed by atoms with van der Waals surface area (Å²) in [6, 6.07) is 0.635. The van der Waals surface area contributed by atoms with E-state index in [2.05, 4.69) is 37.9 Å². The number of fused-ring (bicyclic) bond motifs is 1. The van der Waals surface area contributed by atoms with Gasteiger partial charge in [-0.3, -0.25) is 4.90 Å². The standard InChI is InChI=1S/C15H21N5O/c1-2-11-7-16-14-13(11)15(18-10-17-14)20-5-3-19(4-6-20)12-8-21-9-12/h7,10,12H,2-6,8-9H2,1H3,(H,16,17,18). The molecule has 112 valence electrons. The van der Waals surface area contributed by atoms with Crippen molar-refractivity contribution in [1.29, 1.82) is 0 Å². The minimum Gasteiger partial charge on any atom is -0.378 e. The third kappa shape index (κ3) is 2.18. The number of anilines is 1. The van der Waals surface area contributed by atoms with Gasteiger partial charge in [-0.2, -0.15) is 0 Å². The van der Waals surface area contributed by atoms with E-state index in [4.69, 9.17) is 4.74 Å². The third-order valence-electron chi connectivity index (χ3n) is 4.66. The van der Waals surface area contributed by atoms with Crippen LogP contribution in [0.15, 0.2) is 12.5 Å². The fourth-order valence-corrected chi connectivity index (χ4v) is 3.26. The Hall–Kier alpha value is -1.66. The lowest BCUT2D eigenvalue weighted by molar-refractivity contribution is -0.0660. The van der Waals surface area contributed by atoms with Gasteiger partial charge in [-0.05, 0) is 12.0 Å². The van der Waals surface area contributed by atoms with Crippen molar-refractivity contribution in [1.82, 2.24) is 19.9 Å². The van der Waals surface area contributed by atoms with E-state index in [1.165, 1.54) is 10.9 Å². The van der Waals surface area contributed by atoms with Crippen molar-refractivity contribution in [2.24, 2.45) is 0 Å². The van der Waals surface area contributed by atoms with Crippen LogP contribution in [0.2, 0.25) is 0 Å². The number of H-pyrrole nitrogens is 1. The molecule has 2 aromatic rings. The van der Waals surface area contributed by atoms with Crippen LogP contribution in [0.4, 0.5) is 5.82 Å². The molecule has 21 heavy (non-hydrogen) atoms. The number of aromatic amines is 1. The van der Waals surface area contributed by atoms with Crippen molar-refractivity contribution >= 4 is 16.9 Å². The molecule has 0 spiro atoms. The van der Waals surface area contributed by atoms with E-state index < -0.39 is 0 Å². The molecule has 0 bridgehead atoms. The Kier molecular flexibility index (Phi) is 3.27. The Balaban J connectivity index is 1.58. The number of hydrogen-bond acceptors (Lipinski definition) is 5. The minimum absolute atomic E-state index is 0.635. The molecule has 4 rings (SSSR count). The maximum Gasteiger partial charge on any atom is 0.143 e. The summed E-state index contributed by atoms with van der Waals surface area (Å²) in [4.78, 5) is 17.1. The van der Waals surface area contributed by atoms with Crippen molar-refractivity contribution in [3.05, 3.63) is 18.1 Å². The molecule has 0 aliphatic carbocycles. The number of piperazine rings is 1. The summed E-state index contributed by atoms with van der Waals surface area (Å²) in [6.07, 6.45) is 4.73. The summed E-state index contributed by atoms with van der Waals surface area (Å²) in [5.74, 6) is 1.09. The largest absolute Gasteiger partial charge is 0.378 e. The monoisotopic (exact) mass is 287 g/mol. The Labute approximate surface area is 124 Å². The topological polar surface area (TPSA) is 57.3 Å². The summed E-state index contributed by atoms with van der Waals surface area (Å²) in [7, 11) is 0. The van der Waals surface area contributed by atoms with Crippen molar-refractivity contribution in [3.63, 3.8) is 0 Å². The molecule has 4 heterocycles. The van der Waals surface area contributed by atoms with E-state index in [0.717, 1.165) is 57.3 Å². The van der Waals surface area contributed by atoms with E-state index in [1.54, 1.807) is 6.33 Å². The minimum atomic E-state index is 0.635. The van der Waals surface area contributed by atoms with Gasteiger partial charge in [0, 0.05) is 32.4 Å². The van der Waals surface area contributed by atoms with Crippen molar-refractivity contribution in [2.45, 2.75) is 19.4 Å². The number of hydrogen-bond donors (Lipinski definition) is 1. The molecule has 0 saturated carbocycles. The maximum atomic E-state index is 5.30. The number of nitrogens with zero attached hydrogens (tertiary/aromatic N) is 4. The lowest BCUT2D eigenvalue weighted by Gasteiger charge is -2.43. The number of rotatable bonds is 3. The van der Waals surface area contributed by atoms with Crippen LogP contribution in [0.1, 0.15) is 12.5 Å². The first-order chi connectivity index (χ1) is 10.4. The van der Waals surface area contributed by atoms with Gasteiger partial charge in [0.25, 0.3) is 0 Å². The third-order valence-corrected chi connectivity index (χ3v) is 4.66. The number of aryl methyl sites for hydroxylation is 1. The lowest BCUT2D eigenvalue weighted by atomic mass is 10.1. The highest BCUT2D eigenvalue weighted by Gasteiger charge is 2.29. The second-order valence-electron chi connectivity index (χ2n) is 5.80. The molecule has 6 nitrogen and oxygen atoms in total. The summed E-state index contributed by atoms with van der Waals surface area (Å²) < 4.78 is 5.30. The molecule has 6 heteroatoms. The molecular formula is C15H21N5O. The molecule has 2 aliphatic heterocycles. The van der Waals surface area contributed by atoms with Gasteiger partial charge in [0.05, 0.1) is 24.6 Å². The first-order valence-corrected chi connectivity index (χ1v) is 7.74. The SMILES string of the molecule is CCc1c[nH]c2ncnc(N3CCN(C4COC4)CC3)c12.